The van der Waals surface area contributed by atoms with Crippen LogP contribution in [0.25, 0.3) is 17.3 Å². The fourth-order valence-corrected chi connectivity index (χ4v) is 3.65. The van der Waals surface area contributed by atoms with Crippen LogP contribution in [-0.2, 0) is 16.2 Å². The van der Waals surface area contributed by atoms with Crippen molar-refractivity contribution in [2.75, 3.05) is 0 Å². The van der Waals surface area contributed by atoms with Gasteiger partial charge in [-0.1, -0.05) is 71.4 Å². The number of aromatic nitrogens is 1. The maximum Gasteiger partial charge on any atom is 0.368 e. The van der Waals surface area contributed by atoms with Gasteiger partial charge in [-0.15, -0.1) is 0 Å². The molecule has 34 heavy (non-hydrogen) atoms. The molecule has 4 aromatic rings. The van der Waals surface area contributed by atoms with Crippen LogP contribution in [-0.4, -0.2) is 16.7 Å². The van der Waals surface area contributed by atoms with E-state index in [2.05, 4.69) is 10.1 Å². The molecule has 0 radical (unpaired) electrons. The molecular formula is C28H19ClN2O3. The summed E-state index contributed by atoms with van der Waals surface area (Å²) < 4.78 is 5.83. The predicted octanol–water partition coefficient (Wildman–Crippen LogP) is 6.33. The summed E-state index contributed by atoms with van der Waals surface area (Å²) in [4.78, 5) is 21.7. The monoisotopic (exact) mass is 466 g/mol. The van der Waals surface area contributed by atoms with Crippen molar-refractivity contribution in [1.82, 2.24) is 4.98 Å². The molecule has 166 valence electrons. The van der Waals surface area contributed by atoms with Crippen molar-refractivity contribution < 1.29 is 14.4 Å². The number of benzene rings is 3. The highest BCUT2D eigenvalue weighted by Crippen LogP contribution is 2.24. The van der Waals surface area contributed by atoms with E-state index in [0.29, 0.717) is 22.9 Å². The minimum Gasteiger partial charge on any atom is -0.489 e. The Hall–Kier alpha value is -4.22. The third-order valence-electron chi connectivity index (χ3n) is 5.32. The zero-order chi connectivity index (χ0) is 23.3. The molecule has 0 bridgehead atoms. The summed E-state index contributed by atoms with van der Waals surface area (Å²) in [6.45, 7) is 0.440. The van der Waals surface area contributed by atoms with Gasteiger partial charge in [-0.25, -0.2) is 4.79 Å². The topological polar surface area (TPSA) is 60.8 Å². The third kappa shape index (κ3) is 4.90. The van der Waals surface area contributed by atoms with Gasteiger partial charge in [0.15, 0.2) is 0 Å². The summed E-state index contributed by atoms with van der Waals surface area (Å²) in [5.41, 5.74) is 5.42. The van der Waals surface area contributed by atoms with Crippen molar-refractivity contribution in [3.63, 3.8) is 0 Å². The van der Waals surface area contributed by atoms with Gasteiger partial charge in [0.25, 0.3) is 0 Å². The lowest BCUT2D eigenvalue weighted by Crippen LogP contribution is -2.06. The molecule has 5 nitrogen and oxygen atoms in total. The van der Waals surface area contributed by atoms with Gasteiger partial charge >= 0.3 is 5.97 Å². The van der Waals surface area contributed by atoms with Gasteiger partial charge in [-0.2, -0.15) is 0 Å². The summed E-state index contributed by atoms with van der Waals surface area (Å²) in [6.07, 6.45) is 3.52. The van der Waals surface area contributed by atoms with Crippen LogP contribution in [0.15, 0.2) is 108 Å². The van der Waals surface area contributed by atoms with Gasteiger partial charge in [0, 0.05) is 22.3 Å². The molecule has 0 saturated carbocycles. The Balaban J connectivity index is 1.30. The van der Waals surface area contributed by atoms with Crippen LogP contribution >= 0.6 is 11.6 Å². The molecule has 2 heterocycles. The average Bonchev–Trinajstić information content (AvgIpc) is 3.25. The highest BCUT2D eigenvalue weighted by Gasteiger charge is 2.26. The van der Waals surface area contributed by atoms with E-state index in [1.54, 1.807) is 12.3 Å². The highest BCUT2D eigenvalue weighted by molar-refractivity contribution is 6.31. The summed E-state index contributed by atoms with van der Waals surface area (Å²) in [5, 5.41) is 4.70. The molecule has 0 N–H and O–H groups in total. The van der Waals surface area contributed by atoms with E-state index in [9.17, 15) is 4.79 Å². The second-order valence-corrected chi connectivity index (χ2v) is 8.09. The first-order valence-electron chi connectivity index (χ1n) is 10.7. The summed E-state index contributed by atoms with van der Waals surface area (Å²) in [5.74, 6) is 0.247. The van der Waals surface area contributed by atoms with Crippen LogP contribution in [0.2, 0.25) is 5.02 Å². The predicted molar refractivity (Wildman–Crippen MR) is 133 cm³/mol. The molecule has 5 rings (SSSR count). The van der Waals surface area contributed by atoms with Crippen LogP contribution in [0.3, 0.4) is 0 Å². The van der Waals surface area contributed by atoms with Crippen molar-refractivity contribution in [2.45, 2.75) is 6.61 Å². The van der Waals surface area contributed by atoms with E-state index in [-0.39, 0.29) is 0 Å². The lowest BCUT2D eigenvalue weighted by molar-refractivity contribution is -0.136. The Morgan fingerprint density at radius 2 is 1.59 bits per heavy atom. The second-order valence-electron chi connectivity index (χ2n) is 7.65. The number of ether oxygens (including phenoxy) is 1. The molecule has 1 aromatic heterocycles. The van der Waals surface area contributed by atoms with Crippen LogP contribution in [0, 0.1) is 0 Å². The molecule has 0 unspecified atom stereocenters. The zero-order valence-corrected chi connectivity index (χ0v) is 18.8. The van der Waals surface area contributed by atoms with Crippen molar-refractivity contribution in [3.05, 3.63) is 124 Å². The van der Waals surface area contributed by atoms with Gasteiger partial charge in [0.05, 0.1) is 11.3 Å². The van der Waals surface area contributed by atoms with E-state index < -0.39 is 5.97 Å². The number of halogens is 1. The Morgan fingerprint density at radius 3 is 2.29 bits per heavy atom. The smallest absolute Gasteiger partial charge is 0.368 e. The number of carbonyl (C=O) groups excluding carboxylic acids is 1. The van der Waals surface area contributed by atoms with Crippen molar-refractivity contribution in [1.29, 1.82) is 0 Å². The molecule has 0 amide bonds. The largest absolute Gasteiger partial charge is 0.489 e. The number of oxime groups is 1. The lowest BCUT2D eigenvalue weighted by Gasteiger charge is -2.07. The molecule has 0 spiro atoms. The normalized spacial score (nSPS) is 14.1. The molecule has 0 atom stereocenters. The zero-order valence-electron chi connectivity index (χ0n) is 18.0. The number of hydrogen-bond donors (Lipinski definition) is 0. The number of carbonyl (C=O) groups is 1. The summed E-state index contributed by atoms with van der Waals surface area (Å²) >= 11 is 5.92. The van der Waals surface area contributed by atoms with E-state index in [1.807, 2.05) is 91.0 Å². The lowest BCUT2D eigenvalue weighted by atomic mass is 9.99. The Kier molecular flexibility index (Phi) is 6.19. The molecule has 1 aliphatic heterocycles. The maximum atomic E-state index is 12.4. The minimum atomic E-state index is -0.480. The van der Waals surface area contributed by atoms with Crippen molar-refractivity contribution >= 4 is 29.4 Å². The van der Waals surface area contributed by atoms with E-state index in [4.69, 9.17) is 21.2 Å². The second kappa shape index (κ2) is 9.73. The third-order valence-corrected chi connectivity index (χ3v) is 5.58. The van der Waals surface area contributed by atoms with Crippen LogP contribution in [0.4, 0.5) is 0 Å². The summed E-state index contributed by atoms with van der Waals surface area (Å²) in [6, 6.07) is 28.5. The minimum absolute atomic E-state index is 0.403. The van der Waals surface area contributed by atoms with Gasteiger partial charge in [0.2, 0.25) is 0 Å². The Bertz CT molecular complexity index is 1360. The van der Waals surface area contributed by atoms with Crippen LogP contribution in [0.5, 0.6) is 5.75 Å². The first-order chi connectivity index (χ1) is 16.7. The maximum absolute atomic E-state index is 12.4. The quantitative estimate of drug-likeness (QED) is 0.246. The van der Waals surface area contributed by atoms with Crippen molar-refractivity contribution in [2.24, 2.45) is 5.16 Å². The molecule has 1 aliphatic rings. The molecule has 0 aliphatic carbocycles. The van der Waals surface area contributed by atoms with Gasteiger partial charge in [-0.3, -0.25) is 4.98 Å². The number of hydrogen-bond acceptors (Lipinski definition) is 5. The molecule has 3 aromatic carbocycles. The SMILES string of the molecule is O=C1ON=C(c2ccc(-c3ccccn3)cc2)/C1=C/c1ccc(OCc2ccc(Cl)cc2)cc1. The fraction of sp³-hybridized carbons (Fsp3) is 0.0357. The van der Waals surface area contributed by atoms with Gasteiger partial charge in [0.1, 0.15) is 18.1 Å². The van der Waals surface area contributed by atoms with Crippen LogP contribution in [0.1, 0.15) is 16.7 Å². The van der Waals surface area contributed by atoms with Crippen molar-refractivity contribution in [3.8, 4) is 17.0 Å². The first kappa shape index (κ1) is 21.6. The first-order valence-corrected chi connectivity index (χ1v) is 11.0. The fourth-order valence-electron chi connectivity index (χ4n) is 3.52. The van der Waals surface area contributed by atoms with E-state index in [1.165, 1.54) is 0 Å². The standard InChI is InChI=1S/C28H19ClN2O3/c29-23-12-4-20(5-13-23)18-33-24-14-6-19(7-15-24)17-25-27(31-34-28(25)32)22-10-8-21(9-11-22)26-3-1-2-16-30-26/h1-17H,18H2/b25-17-. The van der Waals surface area contributed by atoms with Gasteiger partial charge in [-0.05, 0) is 53.6 Å². The molecule has 6 heteroatoms. The Morgan fingerprint density at radius 1 is 0.853 bits per heavy atom. The van der Waals surface area contributed by atoms with E-state index >= 15 is 0 Å². The summed E-state index contributed by atoms with van der Waals surface area (Å²) in [7, 11) is 0. The van der Waals surface area contributed by atoms with Crippen LogP contribution < -0.4 is 4.74 Å². The van der Waals surface area contributed by atoms with Gasteiger partial charge < -0.3 is 9.57 Å². The molecule has 0 fully saturated rings. The highest BCUT2D eigenvalue weighted by atomic mass is 35.5. The Labute approximate surface area is 201 Å². The number of nitrogens with zero attached hydrogens (tertiary/aromatic N) is 2. The molecule has 0 saturated heterocycles. The number of pyridine rings is 1. The number of rotatable bonds is 6. The van der Waals surface area contributed by atoms with E-state index in [0.717, 1.165) is 33.7 Å². The average molecular weight is 467 g/mol. The molecular weight excluding hydrogens is 448 g/mol.